The predicted octanol–water partition coefficient (Wildman–Crippen LogP) is 2.59. The van der Waals surface area contributed by atoms with Crippen LogP contribution in [0.3, 0.4) is 0 Å². The number of nitrogens with zero attached hydrogens (tertiary/aromatic N) is 1. The van der Waals surface area contributed by atoms with Crippen LogP contribution in [-0.4, -0.2) is 35.8 Å². The molecule has 0 aliphatic rings. The van der Waals surface area contributed by atoms with Gasteiger partial charge < -0.3 is 10.2 Å². The van der Waals surface area contributed by atoms with Crippen molar-refractivity contribution in [1.82, 2.24) is 10.2 Å². The van der Waals surface area contributed by atoms with Gasteiger partial charge in [-0.2, -0.15) is 0 Å². The molecular formula is C17H21ClN2O2. The van der Waals surface area contributed by atoms with Crippen LogP contribution < -0.4 is 5.32 Å². The third-order valence-corrected chi connectivity index (χ3v) is 3.29. The van der Waals surface area contributed by atoms with Crippen molar-refractivity contribution < 1.29 is 9.59 Å². The van der Waals surface area contributed by atoms with Crippen LogP contribution in [0.25, 0.3) is 0 Å². The Morgan fingerprint density at radius 3 is 2.27 bits per heavy atom. The third-order valence-electron chi connectivity index (χ3n) is 3.04. The van der Waals surface area contributed by atoms with Crippen molar-refractivity contribution in [3.8, 4) is 0 Å². The summed E-state index contributed by atoms with van der Waals surface area (Å²) in [7, 11) is 0. The number of hydrogen-bond acceptors (Lipinski definition) is 2. The van der Waals surface area contributed by atoms with Crippen LogP contribution in [-0.2, 0) is 16.0 Å². The molecule has 0 saturated carbocycles. The van der Waals surface area contributed by atoms with Crippen LogP contribution >= 0.6 is 11.6 Å². The Balaban J connectivity index is 2.58. The van der Waals surface area contributed by atoms with Gasteiger partial charge in [0, 0.05) is 18.1 Å². The number of amides is 2. The van der Waals surface area contributed by atoms with Crippen LogP contribution in [0.2, 0.25) is 5.02 Å². The largest absolute Gasteiger partial charge is 0.344 e. The molecule has 0 aliphatic carbocycles. The lowest BCUT2D eigenvalue weighted by molar-refractivity contribution is -0.135. The van der Waals surface area contributed by atoms with Crippen LogP contribution in [0.15, 0.2) is 49.6 Å². The molecule has 1 aromatic carbocycles. The van der Waals surface area contributed by atoms with Gasteiger partial charge in [0.2, 0.25) is 11.8 Å². The van der Waals surface area contributed by atoms with Crippen LogP contribution in [0.4, 0.5) is 0 Å². The van der Waals surface area contributed by atoms with E-state index in [1.807, 2.05) is 0 Å². The fourth-order valence-corrected chi connectivity index (χ4v) is 2.11. The molecule has 1 unspecified atom stereocenters. The van der Waals surface area contributed by atoms with Crippen molar-refractivity contribution in [3.63, 3.8) is 0 Å². The molecule has 1 atom stereocenters. The lowest BCUT2D eigenvalue weighted by Crippen LogP contribution is -2.47. The molecule has 5 heteroatoms. The van der Waals surface area contributed by atoms with Crippen LogP contribution in [0.5, 0.6) is 0 Å². The lowest BCUT2D eigenvalue weighted by Gasteiger charge is -2.23. The van der Waals surface area contributed by atoms with Gasteiger partial charge in [0.1, 0.15) is 6.04 Å². The number of carbonyl (C=O) groups is 2. The second-order valence-electron chi connectivity index (χ2n) is 4.91. The van der Waals surface area contributed by atoms with Crippen molar-refractivity contribution in [3.05, 3.63) is 60.2 Å². The van der Waals surface area contributed by atoms with E-state index < -0.39 is 6.04 Å². The summed E-state index contributed by atoms with van der Waals surface area (Å²) < 4.78 is 0. The minimum absolute atomic E-state index is 0.163. The summed E-state index contributed by atoms with van der Waals surface area (Å²) in [4.78, 5) is 25.8. The summed E-state index contributed by atoms with van der Waals surface area (Å²) in [6.07, 6.45) is 3.49. The molecule has 0 saturated heterocycles. The van der Waals surface area contributed by atoms with Gasteiger partial charge in [0.25, 0.3) is 0 Å². The quantitative estimate of drug-likeness (QED) is 0.748. The number of rotatable bonds is 8. The highest BCUT2D eigenvalue weighted by atomic mass is 35.5. The Kier molecular flexibility index (Phi) is 7.40. The predicted molar refractivity (Wildman–Crippen MR) is 89.7 cm³/mol. The van der Waals surface area contributed by atoms with E-state index in [2.05, 4.69) is 18.5 Å². The molecule has 0 radical (unpaired) electrons. The maximum Gasteiger partial charge on any atom is 0.245 e. The highest BCUT2D eigenvalue weighted by molar-refractivity contribution is 6.30. The molecule has 2 amide bonds. The number of carbonyl (C=O) groups excluding carboxylic acids is 2. The van der Waals surface area contributed by atoms with Gasteiger partial charge in [-0.15, -0.1) is 13.2 Å². The first kappa shape index (κ1) is 18.0. The van der Waals surface area contributed by atoms with Crippen LogP contribution in [0.1, 0.15) is 12.5 Å². The molecule has 4 nitrogen and oxygen atoms in total. The second-order valence-corrected chi connectivity index (χ2v) is 5.35. The van der Waals surface area contributed by atoms with E-state index in [4.69, 9.17) is 11.6 Å². The monoisotopic (exact) mass is 320 g/mol. The normalized spacial score (nSPS) is 11.4. The van der Waals surface area contributed by atoms with Crippen molar-refractivity contribution in [2.24, 2.45) is 0 Å². The molecule has 0 bridgehead atoms. The van der Waals surface area contributed by atoms with E-state index in [1.165, 1.54) is 0 Å². The SMILES string of the molecule is C=CCN(CC=C)C(=O)C(C)NC(=O)Cc1ccc(Cl)cc1. The second kappa shape index (κ2) is 9.05. The van der Waals surface area contributed by atoms with Crippen LogP contribution in [0, 0.1) is 0 Å². The molecule has 0 heterocycles. The Morgan fingerprint density at radius 1 is 1.23 bits per heavy atom. The van der Waals surface area contributed by atoms with E-state index in [-0.39, 0.29) is 18.2 Å². The smallest absolute Gasteiger partial charge is 0.245 e. The minimum atomic E-state index is -0.597. The van der Waals surface area contributed by atoms with Gasteiger partial charge in [0.15, 0.2) is 0 Å². The number of nitrogens with one attached hydrogen (secondary N) is 1. The van der Waals surface area contributed by atoms with Gasteiger partial charge in [-0.1, -0.05) is 35.9 Å². The first-order chi connectivity index (χ1) is 10.5. The number of hydrogen-bond donors (Lipinski definition) is 1. The third kappa shape index (κ3) is 5.74. The van der Waals surface area contributed by atoms with Crippen molar-refractivity contribution in [2.45, 2.75) is 19.4 Å². The average molecular weight is 321 g/mol. The van der Waals surface area contributed by atoms with E-state index in [1.54, 1.807) is 48.2 Å². The maximum atomic E-state index is 12.3. The van der Waals surface area contributed by atoms with Crippen molar-refractivity contribution in [2.75, 3.05) is 13.1 Å². The number of benzene rings is 1. The zero-order valence-corrected chi connectivity index (χ0v) is 13.5. The highest BCUT2D eigenvalue weighted by Crippen LogP contribution is 2.10. The summed E-state index contributed by atoms with van der Waals surface area (Å²) in [6.45, 7) is 9.75. The van der Waals surface area contributed by atoms with Gasteiger partial charge in [0.05, 0.1) is 6.42 Å². The molecule has 1 aromatic rings. The molecule has 1 N–H and O–H groups in total. The zero-order valence-electron chi connectivity index (χ0n) is 12.7. The van der Waals surface area contributed by atoms with Crippen molar-refractivity contribution >= 4 is 23.4 Å². The fourth-order valence-electron chi connectivity index (χ4n) is 1.98. The minimum Gasteiger partial charge on any atom is -0.344 e. The summed E-state index contributed by atoms with van der Waals surface area (Å²) in [5.41, 5.74) is 0.843. The molecule has 0 aromatic heterocycles. The van der Waals surface area contributed by atoms with E-state index in [0.29, 0.717) is 18.1 Å². The average Bonchev–Trinajstić information content (AvgIpc) is 2.48. The van der Waals surface area contributed by atoms with Gasteiger partial charge in [-0.05, 0) is 24.6 Å². The van der Waals surface area contributed by atoms with Gasteiger partial charge in [-0.25, -0.2) is 0 Å². The maximum absolute atomic E-state index is 12.3. The lowest BCUT2D eigenvalue weighted by atomic mass is 10.1. The molecule has 0 spiro atoms. The van der Waals surface area contributed by atoms with Crippen molar-refractivity contribution in [1.29, 1.82) is 0 Å². The van der Waals surface area contributed by atoms with Gasteiger partial charge >= 0.3 is 0 Å². The summed E-state index contributed by atoms with van der Waals surface area (Å²) >= 11 is 5.80. The first-order valence-corrected chi connectivity index (χ1v) is 7.40. The van der Waals surface area contributed by atoms with E-state index >= 15 is 0 Å². The molecular weight excluding hydrogens is 300 g/mol. The summed E-state index contributed by atoms with van der Waals surface area (Å²) in [5, 5.41) is 3.33. The molecule has 1 rings (SSSR count). The Bertz CT molecular complexity index is 530. The molecule has 118 valence electrons. The first-order valence-electron chi connectivity index (χ1n) is 7.02. The Hall–Kier alpha value is -2.07. The topological polar surface area (TPSA) is 49.4 Å². The summed E-state index contributed by atoms with van der Waals surface area (Å²) in [6, 6.07) is 6.44. The van der Waals surface area contributed by atoms with E-state index in [9.17, 15) is 9.59 Å². The van der Waals surface area contributed by atoms with Gasteiger partial charge in [-0.3, -0.25) is 9.59 Å². The fraction of sp³-hybridized carbons (Fsp3) is 0.294. The molecule has 0 aliphatic heterocycles. The molecule has 0 fully saturated rings. The number of halogens is 1. The standard InChI is InChI=1S/C17H21ClN2O2/c1-4-10-20(11-5-2)17(22)13(3)19-16(21)12-14-6-8-15(18)9-7-14/h4-9,13H,1-2,10-12H2,3H3,(H,19,21). The highest BCUT2D eigenvalue weighted by Gasteiger charge is 2.20. The zero-order chi connectivity index (χ0) is 16.5. The van der Waals surface area contributed by atoms with E-state index in [0.717, 1.165) is 5.56 Å². The molecule has 22 heavy (non-hydrogen) atoms. The Morgan fingerprint density at radius 2 is 1.77 bits per heavy atom. The Labute approximate surface area is 136 Å². The summed E-state index contributed by atoms with van der Waals surface area (Å²) in [5.74, 6) is -0.371.